The average Bonchev–Trinajstić information content (AvgIpc) is 3.12. The number of aryl methyl sites for hydroxylation is 1. The van der Waals surface area contributed by atoms with E-state index in [1.165, 1.54) is 6.07 Å². The lowest BCUT2D eigenvalue weighted by Gasteiger charge is -2.01. The van der Waals surface area contributed by atoms with E-state index in [9.17, 15) is 10.1 Å². The lowest BCUT2D eigenvalue weighted by atomic mass is 10.1. The minimum Gasteiger partial charge on any atom is -0.333 e. The lowest BCUT2D eigenvalue weighted by molar-refractivity contribution is -0.385. The van der Waals surface area contributed by atoms with Gasteiger partial charge in [0.05, 0.1) is 4.92 Å². The van der Waals surface area contributed by atoms with Gasteiger partial charge in [0.1, 0.15) is 5.03 Å². The van der Waals surface area contributed by atoms with Crippen LogP contribution in [0.25, 0.3) is 22.5 Å². The molecular formula is C18H14ClN3O3. The highest BCUT2D eigenvalue weighted by atomic mass is 35.5. The molecule has 25 heavy (non-hydrogen) atoms. The van der Waals surface area contributed by atoms with Gasteiger partial charge >= 0.3 is 0 Å². The fourth-order valence-electron chi connectivity index (χ4n) is 2.37. The standard InChI is InChI=1S/C18H14ClN3O3/c1-2-13-9-8-12(11-16(13)22(23)24)10-15(19)18-20-17(21-25-18)14-6-4-3-5-7-14/h3-11H,2H2,1H3/b15-10-. The zero-order valence-electron chi connectivity index (χ0n) is 13.3. The van der Waals surface area contributed by atoms with Crippen molar-refractivity contribution < 1.29 is 9.45 Å². The first kappa shape index (κ1) is 16.9. The quantitative estimate of drug-likeness (QED) is 0.478. The summed E-state index contributed by atoms with van der Waals surface area (Å²) in [5.74, 6) is 0.581. The summed E-state index contributed by atoms with van der Waals surface area (Å²) in [5, 5.41) is 15.3. The van der Waals surface area contributed by atoms with Crippen LogP contribution < -0.4 is 0 Å². The van der Waals surface area contributed by atoms with Crippen molar-refractivity contribution in [1.82, 2.24) is 10.1 Å². The maximum Gasteiger partial charge on any atom is 0.273 e. The van der Waals surface area contributed by atoms with Crippen molar-refractivity contribution in [2.45, 2.75) is 13.3 Å². The number of benzene rings is 2. The second-order valence-electron chi connectivity index (χ2n) is 5.28. The van der Waals surface area contributed by atoms with E-state index in [4.69, 9.17) is 16.1 Å². The molecule has 0 amide bonds. The third-order valence-electron chi connectivity index (χ3n) is 3.64. The summed E-state index contributed by atoms with van der Waals surface area (Å²) >= 11 is 6.24. The summed E-state index contributed by atoms with van der Waals surface area (Å²) in [6, 6.07) is 14.3. The van der Waals surface area contributed by atoms with Gasteiger partial charge in [-0.05, 0) is 18.1 Å². The fourth-order valence-corrected chi connectivity index (χ4v) is 2.58. The molecule has 7 heteroatoms. The molecule has 126 valence electrons. The monoisotopic (exact) mass is 355 g/mol. The van der Waals surface area contributed by atoms with Crippen molar-refractivity contribution in [2.75, 3.05) is 0 Å². The Bertz CT molecular complexity index is 936. The van der Waals surface area contributed by atoms with Crippen molar-refractivity contribution in [3.8, 4) is 11.4 Å². The van der Waals surface area contributed by atoms with Crippen LogP contribution in [-0.2, 0) is 6.42 Å². The number of hydrogen-bond acceptors (Lipinski definition) is 5. The zero-order valence-corrected chi connectivity index (χ0v) is 14.1. The molecule has 0 unspecified atom stereocenters. The second kappa shape index (κ2) is 7.27. The van der Waals surface area contributed by atoms with Gasteiger partial charge in [0.2, 0.25) is 5.82 Å². The third-order valence-corrected chi connectivity index (χ3v) is 3.91. The summed E-state index contributed by atoms with van der Waals surface area (Å²) in [6.45, 7) is 1.87. The predicted molar refractivity (Wildman–Crippen MR) is 95.9 cm³/mol. The minimum absolute atomic E-state index is 0.0659. The molecule has 0 aliphatic carbocycles. The molecule has 0 fully saturated rings. The molecule has 6 nitrogen and oxygen atoms in total. The van der Waals surface area contributed by atoms with Crippen LogP contribution >= 0.6 is 11.6 Å². The molecule has 1 heterocycles. The Morgan fingerprint density at radius 1 is 1.28 bits per heavy atom. The maximum absolute atomic E-state index is 11.2. The van der Waals surface area contributed by atoms with E-state index < -0.39 is 4.92 Å². The van der Waals surface area contributed by atoms with Gasteiger partial charge in [-0.15, -0.1) is 0 Å². The van der Waals surface area contributed by atoms with Gasteiger partial charge < -0.3 is 4.52 Å². The van der Waals surface area contributed by atoms with E-state index in [2.05, 4.69) is 10.1 Å². The van der Waals surface area contributed by atoms with Crippen LogP contribution in [0.5, 0.6) is 0 Å². The molecule has 1 aromatic heterocycles. The molecule has 0 aliphatic heterocycles. The van der Waals surface area contributed by atoms with Gasteiger partial charge in [-0.1, -0.05) is 66.1 Å². The van der Waals surface area contributed by atoms with Gasteiger partial charge in [-0.2, -0.15) is 4.98 Å². The first-order valence-corrected chi connectivity index (χ1v) is 8.00. The molecule has 3 rings (SSSR count). The Morgan fingerprint density at radius 3 is 2.72 bits per heavy atom. The van der Waals surface area contributed by atoms with Gasteiger partial charge in [0.15, 0.2) is 0 Å². The van der Waals surface area contributed by atoms with Crippen LogP contribution in [0.2, 0.25) is 0 Å². The number of nitro groups is 1. The van der Waals surface area contributed by atoms with Crippen molar-refractivity contribution in [3.63, 3.8) is 0 Å². The maximum atomic E-state index is 11.2. The Labute approximate surface area is 148 Å². The minimum atomic E-state index is -0.399. The van der Waals surface area contributed by atoms with Crippen LogP contribution in [-0.4, -0.2) is 15.1 Å². The number of nitrogens with zero attached hydrogens (tertiary/aromatic N) is 3. The van der Waals surface area contributed by atoms with Gasteiger partial charge in [-0.3, -0.25) is 10.1 Å². The highest BCUT2D eigenvalue weighted by molar-refractivity contribution is 6.50. The fraction of sp³-hybridized carbons (Fsp3) is 0.111. The Hall–Kier alpha value is -2.99. The van der Waals surface area contributed by atoms with Crippen LogP contribution in [0.15, 0.2) is 53.1 Å². The summed E-state index contributed by atoms with van der Waals surface area (Å²) < 4.78 is 5.18. The third kappa shape index (κ3) is 3.75. The number of aromatic nitrogens is 2. The van der Waals surface area contributed by atoms with Crippen molar-refractivity contribution in [2.24, 2.45) is 0 Å². The van der Waals surface area contributed by atoms with Crippen molar-refractivity contribution in [1.29, 1.82) is 0 Å². The summed E-state index contributed by atoms with van der Waals surface area (Å²) in [7, 11) is 0. The highest BCUT2D eigenvalue weighted by Crippen LogP contribution is 2.27. The van der Waals surface area contributed by atoms with Crippen LogP contribution in [0.1, 0.15) is 23.9 Å². The summed E-state index contributed by atoms with van der Waals surface area (Å²) in [5.41, 5.74) is 2.14. The predicted octanol–water partition coefficient (Wildman–Crippen LogP) is 4.94. The molecule has 0 saturated carbocycles. The highest BCUT2D eigenvalue weighted by Gasteiger charge is 2.14. The first-order chi connectivity index (χ1) is 12.1. The topological polar surface area (TPSA) is 82.1 Å². The van der Waals surface area contributed by atoms with E-state index in [1.54, 1.807) is 18.2 Å². The van der Waals surface area contributed by atoms with E-state index in [-0.39, 0.29) is 16.6 Å². The van der Waals surface area contributed by atoms with Crippen LogP contribution in [0.3, 0.4) is 0 Å². The number of rotatable bonds is 5. The second-order valence-corrected chi connectivity index (χ2v) is 5.69. The average molecular weight is 356 g/mol. The van der Waals surface area contributed by atoms with Crippen molar-refractivity contribution in [3.05, 3.63) is 75.7 Å². The van der Waals surface area contributed by atoms with Crippen LogP contribution in [0.4, 0.5) is 5.69 Å². The van der Waals surface area contributed by atoms with Gasteiger partial charge in [0, 0.05) is 17.2 Å². The lowest BCUT2D eigenvalue weighted by Crippen LogP contribution is -1.94. The number of halogens is 1. The molecule has 2 aromatic carbocycles. The van der Waals surface area contributed by atoms with E-state index >= 15 is 0 Å². The Morgan fingerprint density at radius 2 is 2.04 bits per heavy atom. The number of nitro benzene ring substituents is 1. The molecular weight excluding hydrogens is 342 g/mol. The van der Waals surface area contributed by atoms with E-state index in [0.717, 1.165) is 5.56 Å². The SMILES string of the molecule is CCc1ccc(/C=C(\Cl)c2nc(-c3ccccc3)no2)cc1[N+](=O)[O-]. The van der Waals surface area contributed by atoms with E-state index in [1.807, 2.05) is 37.3 Å². The molecule has 0 saturated heterocycles. The van der Waals surface area contributed by atoms with Crippen molar-refractivity contribution >= 4 is 28.4 Å². The molecule has 0 N–H and O–H groups in total. The summed E-state index contributed by atoms with van der Waals surface area (Å²) in [4.78, 5) is 15.0. The summed E-state index contributed by atoms with van der Waals surface area (Å²) in [6.07, 6.45) is 2.15. The Kier molecular flexibility index (Phi) is 4.90. The molecule has 0 atom stereocenters. The molecule has 0 radical (unpaired) electrons. The van der Waals surface area contributed by atoms with Gasteiger partial charge in [0.25, 0.3) is 11.6 Å². The zero-order chi connectivity index (χ0) is 17.8. The molecule has 0 bridgehead atoms. The Balaban J connectivity index is 1.91. The normalized spacial score (nSPS) is 11.5. The van der Waals surface area contributed by atoms with Gasteiger partial charge in [-0.25, -0.2) is 0 Å². The molecule has 0 aliphatic rings. The first-order valence-electron chi connectivity index (χ1n) is 7.62. The van der Waals surface area contributed by atoms with E-state index in [0.29, 0.717) is 23.4 Å². The molecule has 0 spiro atoms. The smallest absolute Gasteiger partial charge is 0.273 e. The largest absolute Gasteiger partial charge is 0.333 e. The van der Waals surface area contributed by atoms with Crippen LogP contribution in [0, 0.1) is 10.1 Å². The molecule has 3 aromatic rings. The number of hydrogen-bond donors (Lipinski definition) is 0.